The van der Waals surface area contributed by atoms with Gasteiger partial charge in [-0.15, -0.1) is 0 Å². The molecule has 6 nitrogen and oxygen atoms in total. The van der Waals surface area contributed by atoms with Crippen molar-refractivity contribution in [1.82, 2.24) is 9.62 Å². The zero-order valence-corrected chi connectivity index (χ0v) is 18.9. The van der Waals surface area contributed by atoms with Crippen LogP contribution in [0.15, 0.2) is 47.4 Å². The normalized spacial score (nSPS) is 16.1. The van der Waals surface area contributed by atoms with E-state index in [-0.39, 0.29) is 17.3 Å². The van der Waals surface area contributed by atoms with Crippen molar-refractivity contribution in [3.63, 3.8) is 0 Å². The van der Waals surface area contributed by atoms with Gasteiger partial charge in [0, 0.05) is 24.7 Å². The number of amides is 1. The maximum absolute atomic E-state index is 12.7. The van der Waals surface area contributed by atoms with Gasteiger partial charge in [-0.1, -0.05) is 41.8 Å². The Morgan fingerprint density at radius 2 is 1.77 bits per heavy atom. The molecule has 162 valence electrons. The van der Waals surface area contributed by atoms with E-state index >= 15 is 0 Å². The fraction of sp³-hybridized carbons (Fsp3) is 0.381. The van der Waals surface area contributed by atoms with Crippen LogP contribution in [0.3, 0.4) is 0 Å². The van der Waals surface area contributed by atoms with E-state index < -0.39 is 16.1 Å². The third kappa shape index (κ3) is 5.66. The number of halogens is 2. The average Bonchev–Trinajstić information content (AvgIpc) is 2.75. The summed E-state index contributed by atoms with van der Waals surface area (Å²) in [5.41, 5.74) is 0.790. The van der Waals surface area contributed by atoms with Crippen LogP contribution in [-0.2, 0) is 21.4 Å². The summed E-state index contributed by atoms with van der Waals surface area (Å²) >= 11 is 11.9. The SMILES string of the molecule is CC(Oc1ccc(Cl)cc1Cl)C(=O)NCc1ccc(S(=O)(=O)N2CCCCC2)cc1. The molecule has 0 radical (unpaired) electrons. The predicted molar refractivity (Wildman–Crippen MR) is 117 cm³/mol. The van der Waals surface area contributed by atoms with Crippen LogP contribution in [0.4, 0.5) is 0 Å². The summed E-state index contributed by atoms with van der Waals surface area (Å²) in [6, 6.07) is 11.4. The Morgan fingerprint density at radius 3 is 2.40 bits per heavy atom. The minimum absolute atomic E-state index is 0.255. The number of carbonyl (C=O) groups is 1. The average molecular weight is 471 g/mol. The van der Waals surface area contributed by atoms with Crippen LogP contribution in [0.2, 0.25) is 10.0 Å². The van der Waals surface area contributed by atoms with E-state index in [1.807, 2.05) is 0 Å². The quantitative estimate of drug-likeness (QED) is 0.655. The minimum Gasteiger partial charge on any atom is -0.479 e. The molecule has 0 bridgehead atoms. The number of hydrogen-bond donors (Lipinski definition) is 1. The van der Waals surface area contributed by atoms with E-state index in [1.54, 1.807) is 49.4 Å². The van der Waals surface area contributed by atoms with Gasteiger partial charge in [-0.2, -0.15) is 4.31 Å². The van der Waals surface area contributed by atoms with Crippen LogP contribution in [0, 0.1) is 0 Å². The van der Waals surface area contributed by atoms with Crippen molar-refractivity contribution in [2.24, 2.45) is 0 Å². The highest BCUT2D eigenvalue weighted by Gasteiger charge is 2.25. The molecule has 1 aliphatic heterocycles. The Hall–Kier alpha value is -1.80. The van der Waals surface area contributed by atoms with E-state index in [2.05, 4.69) is 5.32 Å². The molecule has 30 heavy (non-hydrogen) atoms. The van der Waals surface area contributed by atoms with Crippen molar-refractivity contribution in [3.05, 3.63) is 58.1 Å². The molecule has 1 aliphatic rings. The van der Waals surface area contributed by atoms with Gasteiger partial charge in [0.2, 0.25) is 10.0 Å². The molecule has 1 saturated heterocycles. The highest BCUT2D eigenvalue weighted by molar-refractivity contribution is 7.89. The Kier molecular flexibility index (Phi) is 7.63. The highest BCUT2D eigenvalue weighted by atomic mass is 35.5. The van der Waals surface area contributed by atoms with Crippen LogP contribution >= 0.6 is 23.2 Å². The lowest BCUT2D eigenvalue weighted by Gasteiger charge is -2.25. The molecule has 1 heterocycles. The number of benzene rings is 2. The molecule has 0 aliphatic carbocycles. The van der Waals surface area contributed by atoms with Crippen molar-refractivity contribution in [2.45, 2.75) is 43.7 Å². The van der Waals surface area contributed by atoms with Gasteiger partial charge in [0.05, 0.1) is 9.92 Å². The fourth-order valence-corrected chi connectivity index (χ4v) is 5.15. The first-order valence-electron chi connectivity index (χ1n) is 9.76. The monoisotopic (exact) mass is 470 g/mol. The third-order valence-electron chi connectivity index (χ3n) is 4.91. The maximum atomic E-state index is 12.7. The molecule has 9 heteroatoms. The summed E-state index contributed by atoms with van der Waals surface area (Å²) in [6.07, 6.45) is 2.09. The molecule has 1 fully saturated rings. The summed E-state index contributed by atoms with van der Waals surface area (Å²) in [5.74, 6) is 0.0574. The second kappa shape index (κ2) is 10.0. The minimum atomic E-state index is -3.46. The van der Waals surface area contributed by atoms with E-state index in [1.165, 1.54) is 4.31 Å². The third-order valence-corrected chi connectivity index (χ3v) is 7.35. The van der Waals surface area contributed by atoms with Crippen molar-refractivity contribution in [1.29, 1.82) is 0 Å². The molecule has 0 spiro atoms. The Bertz CT molecular complexity index is 991. The first-order chi connectivity index (χ1) is 14.3. The second-order valence-corrected chi connectivity index (χ2v) is 9.94. The van der Waals surface area contributed by atoms with Gasteiger partial charge in [-0.25, -0.2) is 8.42 Å². The molecule has 0 aromatic heterocycles. The van der Waals surface area contributed by atoms with E-state index in [0.29, 0.717) is 28.9 Å². The number of ether oxygens (including phenoxy) is 1. The van der Waals surface area contributed by atoms with E-state index in [4.69, 9.17) is 27.9 Å². The van der Waals surface area contributed by atoms with Gasteiger partial charge < -0.3 is 10.1 Å². The summed E-state index contributed by atoms with van der Waals surface area (Å²) in [6.45, 7) is 3.00. The summed E-state index contributed by atoms with van der Waals surface area (Å²) in [5, 5.41) is 3.59. The summed E-state index contributed by atoms with van der Waals surface area (Å²) in [4.78, 5) is 12.6. The number of carbonyl (C=O) groups excluding carboxylic acids is 1. The van der Waals surface area contributed by atoms with Crippen molar-refractivity contribution in [3.8, 4) is 5.75 Å². The van der Waals surface area contributed by atoms with Crippen molar-refractivity contribution < 1.29 is 17.9 Å². The zero-order valence-electron chi connectivity index (χ0n) is 16.6. The number of hydrogen-bond acceptors (Lipinski definition) is 4. The van der Waals surface area contributed by atoms with Crippen molar-refractivity contribution >= 4 is 39.1 Å². The maximum Gasteiger partial charge on any atom is 0.261 e. The number of piperidine rings is 1. The molecule has 2 aromatic carbocycles. The van der Waals surface area contributed by atoms with Crippen LogP contribution in [-0.4, -0.2) is 37.8 Å². The van der Waals surface area contributed by atoms with Gasteiger partial charge >= 0.3 is 0 Å². The molecular weight excluding hydrogens is 447 g/mol. The Labute approximate surface area is 187 Å². The number of nitrogens with one attached hydrogen (secondary N) is 1. The number of nitrogens with zero attached hydrogens (tertiary/aromatic N) is 1. The first kappa shape index (κ1) is 22.9. The van der Waals surface area contributed by atoms with Gasteiger partial charge in [0.15, 0.2) is 6.10 Å². The zero-order chi connectivity index (χ0) is 21.7. The lowest BCUT2D eigenvalue weighted by atomic mass is 10.2. The summed E-state index contributed by atoms with van der Waals surface area (Å²) in [7, 11) is -3.46. The topological polar surface area (TPSA) is 75.7 Å². The van der Waals surface area contributed by atoms with Crippen LogP contribution in [0.25, 0.3) is 0 Å². The first-order valence-corrected chi connectivity index (χ1v) is 12.0. The van der Waals surface area contributed by atoms with Gasteiger partial charge in [0.25, 0.3) is 5.91 Å². The molecule has 2 aromatic rings. The van der Waals surface area contributed by atoms with Crippen LogP contribution < -0.4 is 10.1 Å². The largest absolute Gasteiger partial charge is 0.479 e. The van der Waals surface area contributed by atoms with Gasteiger partial charge in [0.1, 0.15) is 5.75 Å². The fourth-order valence-electron chi connectivity index (χ4n) is 3.18. The van der Waals surface area contributed by atoms with Crippen LogP contribution in [0.5, 0.6) is 5.75 Å². The lowest BCUT2D eigenvalue weighted by Crippen LogP contribution is -2.36. The molecule has 1 unspecified atom stereocenters. The summed E-state index contributed by atoms with van der Waals surface area (Å²) < 4.78 is 32.5. The number of sulfonamides is 1. The van der Waals surface area contributed by atoms with Crippen LogP contribution in [0.1, 0.15) is 31.7 Å². The van der Waals surface area contributed by atoms with E-state index in [9.17, 15) is 13.2 Å². The number of rotatable bonds is 7. The van der Waals surface area contributed by atoms with Gasteiger partial charge in [-0.3, -0.25) is 4.79 Å². The highest BCUT2D eigenvalue weighted by Crippen LogP contribution is 2.28. The standard InChI is InChI=1S/C21H24Cl2N2O4S/c1-15(29-20-10-7-17(22)13-19(20)23)21(26)24-14-16-5-8-18(9-6-16)30(27,28)25-11-3-2-4-12-25/h5-10,13,15H,2-4,11-12,14H2,1H3,(H,24,26). The Balaban J connectivity index is 1.55. The Morgan fingerprint density at radius 1 is 1.10 bits per heavy atom. The molecule has 1 atom stereocenters. The lowest BCUT2D eigenvalue weighted by molar-refractivity contribution is -0.127. The van der Waals surface area contributed by atoms with Crippen molar-refractivity contribution in [2.75, 3.05) is 13.1 Å². The smallest absolute Gasteiger partial charge is 0.261 e. The van der Waals surface area contributed by atoms with E-state index in [0.717, 1.165) is 24.8 Å². The second-order valence-electron chi connectivity index (χ2n) is 7.16. The van der Waals surface area contributed by atoms with Gasteiger partial charge in [-0.05, 0) is 55.7 Å². The predicted octanol–water partition coefficient (Wildman–Crippen LogP) is 4.25. The molecule has 1 N–H and O–H groups in total. The molecule has 0 saturated carbocycles. The molecule has 3 rings (SSSR count). The molecule has 1 amide bonds. The molecular formula is C21H24Cl2N2O4S.